The number of ether oxygens (including phenoxy) is 1. The van der Waals surface area contributed by atoms with Gasteiger partial charge in [-0.2, -0.15) is 0 Å². The summed E-state index contributed by atoms with van der Waals surface area (Å²) in [4.78, 5) is 14.8. The fourth-order valence-corrected chi connectivity index (χ4v) is 3.68. The number of methoxy groups -OCH3 is 1. The van der Waals surface area contributed by atoms with Gasteiger partial charge in [0.25, 0.3) is 0 Å². The molecule has 2 heterocycles. The van der Waals surface area contributed by atoms with Crippen molar-refractivity contribution >= 4 is 11.6 Å². The lowest BCUT2D eigenvalue weighted by Crippen LogP contribution is -2.45. The molecule has 1 aromatic heterocycles. The summed E-state index contributed by atoms with van der Waals surface area (Å²) in [7, 11) is 1.68. The van der Waals surface area contributed by atoms with Gasteiger partial charge in [-0.3, -0.25) is 4.79 Å². The summed E-state index contributed by atoms with van der Waals surface area (Å²) in [5.74, 6) is 2.36. The molecule has 1 saturated heterocycles. The first-order chi connectivity index (χ1) is 12.2. The highest BCUT2D eigenvalue weighted by Gasteiger charge is 2.46. The average Bonchev–Trinajstić information content (AvgIpc) is 3.28. The minimum Gasteiger partial charge on any atom is -0.497 e. The van der Waals surface area contributed by atoms with Crippen molar-refractivity contribution in [1.29, 1.82) is 0 Å². The summed E-state index contributed by atoms with van der Waals surface area (Å²) in [5.41, 5.74) is 1.21. The normalized spacial score (nSPS) is 23.3. The van der Waals surface area contributed by atoms with E-state index in [2.05, 4.69) is 22.3 Å². The molecule has 1 N–H and O–H groups in total. The van der Waals surface area contributed by atoms with E-state index in [1.165, 1.54) is 5.69 Å². The smallest absolute Gasteiger partial charge is 0.224 e. The number of piperidine rings is 1. The van der Waals surface area contributed by atoms with E-state index in [0.29, 0.717) is 0 Å². The molecule has 2 aliphatic rings. The van der Waals surface area contributed by atoms with E-state index < -0.39 is 0 Å². The van der Waals surface area contributed by atoms with Crippen molar-refractivity contribution in [3.63, 3.8) is 0 Å². The third kappa shape index (κ3) is 3.50. The minimum absolute atomic E-state index is 0.0887. The lowest BCUT2D eigenvalue weighted by Gasteiger charge is -2.34. The Morgan fingerprint density at radius 2 is 1.96 bits per heavy atom. The zero-order valence-corrected chi connectivity index (χ0v) is 14.5. The van der Waals surface area contributed by atoms with Crippen LogP contribution in [0.2, 0.25) is 0 Å². The van der Waals surface area contributed by atoms with Crippen molar-refractivity contribution in [3.8, 4) is 5.75 Å². The fourth-order valence-electron chi connectivity index (χ4n) is 3.68. The maximum atomic E-state index is 12.4. The topological polar surface area (TPSA) is 54.7 Å². The van der Waals surface area contributed by atoms with E-state index in [4.69, 9.17) is 9.15 Å². The van der Waals surface area contributed by atoms with Gasteiger partial charge in [-0.25, -0.2) is 0 Å². The lowest BCUT2D eigenvalue weighted by atomic mass is 10.0. The van der Waals surface area contributed by atoms with Crippen LogP contribution in [0.4, 0.5) is 5.69 Å². The van der Waals surface area contributed by atoms with E-state index in [-0.39, 0.29) is 23.8 Å². The molecule has 0 spiro atoms. The predicted octanol–water partition coefficient (Wildman–Crippen LogP) is 3.18. The maximum absolute atomic E-state index is 12.4. The van der Waals surface area contributed by atoms with Gasteiger partial charge in [0, 0.05) is 36.7 Å². The van der Waals surface area contributed by atoms with Gasteiger partial charge in [0.05, 0.1) is 13.4 Å². The molecule has 2 aromatic rings. The molecule has 4 rings (SSSR count). The lowest BCUT2D eigenvalue weighted by molar-refractivity contribution is -0.123. The van der Waals surface area contributed by atoms with Crippen LogP contribution < -0.4 is 15.0 Å². The zero-order valence-electron chi connectivity index (χ0n) is 14.5. The van der Waals surface area contributed by atoms with Crippen LogP contribution in [0.25, 0.3) is 0 Å². The molecule has 2 unspecified atom stereocenters. The summed E-state index contributed by atoms with van der Waals surface area (Å²) in [6, 6.07) is 12.3. The molecular formula is C20H24N2O3. The summed E-state index contributed by atoms with van der Waals surface area (Å²) < 4.78 is 10.6. The summed E-state index contributed by atoms with van der Waals surface area (Å²) in [5, 5.41) is 3.24. The summed E-state index contributed by atoms with van der Waals surface area (Å²) in [6.07, 6.45) is 4.55. The van der Waals surface area contributed by atoms with Crippen LogP contribution in [0, 0.1) is 5.92 Å². The second kappa shape index (κ2) is 6.82. The van der Waals surface area contributed by atoms with Crippen LogP contribution in [0.5, 0.6) is 5.75 Å². The Morgan fingerprint density at radius 3 is 2.60 bits per heavy atom. The molecule has 1 amide bonds. The number of hydrogen-bond acceptors (Lipinski definition) is 4. The number of nitrogens with zero attached hydrogens (tertiary/aromatic N) is 1. The fraction of sp³-hybridized carbons (Fsp3) is 0.450. The molecule has 2 fully saturated rings. The maximum Gasteiger partial charge on any atom is 0.224 e. The SMILES string of the molecule is COc1ccc(N2CCC(NC(=O)C3CC3c3ccco3)CC2)cc1. The van der Waals surface area contributed by atoms with E-state index in [1.807, 2.05) is 24.3 Å². The quantitative estimate of drug-likeness (QED) is 0.908. The number of amides is 1. The standard InChI is InChI=1S/C20H24N2O3/c1-24-16-6-4-15(5-7-16)22-10-8-14(9-11-22)21-20(23)18-13-17(18)19-3-2-12-25-19/h2-7,12,14,17-18H,8-11,13H2,1H3,(H,21,23). The summed E-state index contributed by atoms with van der Waals surface area (Å²) >= 11 is 0. The van der Waals surface area contributed by atoms with Crippen LogP contribution in [0.3, 0.4) is 0 Å². The highest BCUT2D eigenvalue weighted by Crippen LogP contribution is 2.47. The Morgan fingerprint density at radius 1 is 1.20 bits per heavy atom. The third-order valence-electron chi connectivity index (χ3n) is 5.31. The molecule has 2 atom stereocenters. The Hall–Kier alpha value is -2.43. The Balaban J connectivity index is 1.25. The van der Waals surface area contributed by atoms with Crippen LogP contribution in [0.15, 0.2) is 47.1 Å². The first-order valence-corrected chi connectivity index (χ1v) is 8.97. The first-order valence-electron chi connectivity index (χ1n) is 8.97. The number of furan rings is 1. The number of carbonyl (C=O) groups is 1. The van der Waals surface area contributed by atoms with E-state index >= 15 is 0 Å². The molecule has 1 aliphatic carbocycles. The minimum atomic E-state index is 0.0887. The molecule has 1 saturated carbocycles. The number of anilines is 1. The van der Waals surface area contributed by atoms with E-state index in [1.54, 1.807) is 13.4 Å². The van der Waals surface area contributed by atoms with Crippen molar-refractivity contribution < 1.29 is 13.9 Å². The Kier molecular flexibility index (Phi) is 4.38. The van der Waals surface area contributed by atoms with Crippen LogP contribution in [-0.4, -0.2) is 32.1 Å². The zero-order chi connectivity index (χ0) is 17.2. The van der Waals surface area contributed by atoms with Gasteiger partial charge in [-0.1, -0.05) is 0 Å². The predicted molar refractivity (Wildman–Crippen MR) is 95.9 cm³/mol. The molecule has 1 aliphatic heterocycles. The molecule has 1 aromatic carbocycles. The molecule has 5 nitrogen and oxygen atoms in total. The van der Waals surface area contributed by atoms with Crippen molar-refractivity contribution in [1.82, 2.24) is 5.32 Å². The second-order valence-corrected chi connectivity index (χ2v) is 6.93. The average molecular weight is 340 g/mol. The van der Waals surface area contributed by atoms with Gasteiger partial charge in [0.1, 0.15) is 11.5 Å². The number of nitrogens with one attached hydrogen (secondary N) is 1. The molecule has 25 heavy (non-hydrogen) atoms. The third-order valence-corrected chi connectivity index (χ3v) is 5.31. The molecule has 5 heteroatoms. The molecule has 0 radical (unpaired) electrons. The van der Waals surface area contributed by atoms with Crippen LogP contribution in [-0.2, 0) is 4.79 Å². The Labute approximate surface area is 148 Å². The van der Waals surface area contributed by atoms with Crippen LogP contribution in [0.1, 0.15) is 30.9 Å². The highest BCUT2D eigenvalue weighted by atomic mass is 16.5. The van der Waals surface area contributed by atoms with Gasteiger partial charge in [0.15, 0.2) is 0 Å². The monoisotopic (exact) mass is 340 g/mol. The number of rotatable bonds is 5. The van der Waals surface area contributed by atoms with E-state index in [9.17, 15) is 4.79 Å². The first kappa shape index (κ1) is 16.1. The van der Waals surface area contributed by atoms with Gasteiger partial charge in [-0.05, 0) is 55.7 Å². The largest absolute Gasteiger partial charge is 0.497 e. The highest BCUT2D eigenvalue weighted by molar-refractivity contribution is 5.83. The van der Waals surface area contributed by atoms with Crippen molar-refractivity contribution in [2.45, 2.75) is 31.2 Å². The van der Waals surface area contributed by atoms with Crippen LogP contribution >= 0.6 is 0 Å². The van der Waals surface area contributed by atoms with Gasteiger partial charge in [-0.15, -0.1) is 0 Å². The number of hydrogen-bond donors (Lipinski definition) is 1. The van der Waals surface area contributed by atoms with Gasteiger partial charge in [0.2, 0.25) is 5.91 Å². The second-order valence-electron chi connectivity index (χ2n) is 6.93. The summed E-state index contributed by atoms with van der Waals surface area (Å²) in [6.45, 7) is 1.92. The van der Waals surface area contributed by atoms with E-state index in [0.717, 1.165) is 43.9 Å². The molecular weight excluding hydrogens is 316 g/mol. The van der Waals surface area contributed by atoms with Crippen molar-refractivity contribution in [2.24, 2.45) is 5.92 Å². The van der Waals surface area contributed by atoms with Crippen molar-refractivity contribution in [2.75, 3.05) is 25.1 Å². The number of carbonyl (C=O) groups excluding carboxylic acids is 1. The van der Waals surface area contributed by atoms with Crippen molar-refractivity contribution in [3.05, 3.63) is 48.4 Å². The Bertz CT molecular complexity index is 703. The molecule has 0 bridgehead atoms. The van der Waals surface area contributed by atoms with Gasteiger partial charge >= 0.3 is 0 Å². The molecule has 132 valence electrons. The number of benzene rings is 1. The van der Waals surface area contributed by atoms with Gasteiger partial charge < -0.3 is 19.4 Å².